The summed E-state index contributed by atoms with van der Waals surface area (Å²) >= 11 is 0. The van der Waals surface area contributed by atoms with E-state index in [1.807, 2.05) is 31.2 Å². The lowest BCUT2D eigenvalue weighted by molar-refractivity contribution is 0.0948. The molecular formula is C22H22FN3O3. The predicted octanol–water partition coefficient (Wildman–Crippen LogP) is 3.66. The van der Waals surface area contributed by atoms with E-state index in [1.165, 1.54) is 19.4 Å². The highest BCUT2D eigenvalue weighted by atomic mass is 19.1. The van der Waals surface area contributed by atoms with Gasteiger partial charge in [-0.3, -0.25) is 9.78 Å². The molecule has 1 aromatic heterocycles. The molecule has 1 heterocycles. The van der Waals surface area contributed by atoms with Crippen molar-refractivity contribution >= 4 is 5.91 Å². The monoisotopic (exact) mass is 395 g/mol. The first kappa shape index (κ1) is 20.3. The minimum Gasteiger partial charge on any atom is -0.497 e. The molecule has 0 aliphatic rings. The number of halogens is 1. The van der Waals surface area contributed by atoms with Gasteiger partial charge in [0.25, 0.3) is 5.91 Å². The van der Waals surface area contributed by atoms with Crippen molar-refractivity contribution in [2.45, 2.75) is 13.3 Å². The quantitative estimate of drug-likeness (QED) is 0.630. The molecule has 6 nitrogen and oxygen atoms in total. The lowest BCUT2D eigenvalue weighted by atomic mass is 10.1. The number of methoxy groups -OCH3 is 1. The van der Waals surface area contributed by atoms with Crippen molar-refractivity contribution in [1.29, 1.82) is 0 Å². The van der Waals surface area contributed by atoms with Gasteiger partial charge in [0.1, 0.15) is 23.0 Å². The molecule has 3 rings (SSSR count). The van der Waals surface area contributed by atoms with Crippen LogP contribution in [0.15, 0.2) is 54.9 Å². The number of hydrogen-bond donors (Lipinski definition) is 1. The third-order valence-corrected chi connectivity index (χ3v) is 4.26. The molecule has 0 aliphatic heterocycles. The van der Waals surface area contributed by atoms with Gasteiger partial charge < -0.3 is 14.8 Å². The van der Waals surface area contributed by atoms with Gasteiger partial charge in [-0.25, -0.2) is 9.37 Å². The molecule has 0 saturated heterocycles. The Kier molecular flexibility index (Phi) is 6.73. The van der Waals surface area contributed by atoms with Gasteiger partial charge in [0.05, 0.1) is 31.8 Å². The van der Waals surface area contributed by atoms with E-state index in [4.69, 9.17) is 9.47 Å². The number of carbonyl (C=O) groups excluding carboxylic acids is 1. The molecule has 0 unspecified atom stereocenters. The number of carbonyl (C=O) groups is 1. The summed E-state index contributed by atoms with van der Waals surface area (Å²) < 4.78 is 24.4. The second-order valence-corrected chi connectivity index (χ2v) is 6.21. The average molecular weight is 395 g/mol. The van der Waals surface area contributed by atoms with Crippen LogP contribution in [-0.2, 0) is 6.42 Å². The minimum absolute atomic E-state index is 0.197. The zero-order valence-corrected chi connectivity index (χ0v) is 16.3. The highest BCUT2D eigenvalue weighted by Gasteiger charge is 2.11. The van der Waals surface area contributed by atoms with Crippen molar-refractivity contribution in [3.05, 3.63) is 71.9 Å². The first-order valence-corrected chi connectivity index (χ1v) is 9.26. The molecule has 0 radical (unpaired) electrons. The van der Waals surface area contributed by atoms with Gasteiger partial charge in [-0.05, 0) is 61.4 Å². The van der Waals surface area contributed by atoms with Crippen LogP contribution < -0.4 is 14.8 Å². The van der Waals surface area contributed by atoms with E-state index in [1.54, 1.807) is 18.3 Å². The average Bonchev–Trinajstić information content (AvgIpc) is 2.76. The number of amides is 1. The first-order chi connectivity index (χ1) is 14.1. The number of aromatic nitrogens is 2. The summed E-state index contributed by atoms with van der Waals surface area (Å²) in [5, 5.41) is 2.75. The fraction of sp³-hybridized carbons (Fsp3) is 0.227. The summed E-state index contributed by atoms with van der Waals surface area (Å²) in [6.07, 6.45) is 3.33. The van der Waals surface area contributed by atoms with Crippen LogP contribution in [0, 0.1) is 5.82 Å². The van der Waals surface area contributed by atoms with Gasteiger partial charge in [0, 0.05) is 12.1 Å². The standard InChI is InChI=1S/C22H22FN3O3/c1-3-29-17-6-4-15(5-7-17)20-13-24-14-21(26-20)22(27)25-11-10-16-12-18(28-2)8-9-19(16)23/h4-9,12-14H,3,10-11H2,1-2H3,(H,25,27). The zero-order valence-electron chi connectivity index (χ0n) is 16.3. The lowest BCUT2D eigenvalue weighted by Crippen LogP contribution is -2.27. The third-order valence-electron chi connectivity index (χ3n) is 4.26. The SMILES string of the molecule is CCOc1ccc(-c2cncc(C(=O)NCCc3cc(OC)ccc3F)n2)cc1. The Bertz CT molecular complexity index is 977. The van der Waals surface area contributed by atoms with Gasteiger partial charge >= 0.3 is 0 Å². The maximum Gasteiger partial charge on any atom is 0.271 e. The molecule has 29 heavy (non-hydrogen) atoms. The second kappa shape index (κ2) is 9.64. The Morgan fingerprint density at radius 2 is 1.86 bits per heavy atom. The van der Waals surface area contributed by atoms with E-state index in [0.717, 1.165) is 11.3 Å². The Morgan fingerprint density at radius 1 is 1.10 bits per heavy atom. The van der Waals surface area contributed by atoms with Crippen molar-refractivity contribution < 1.29 is 18.7 Å². The summed E-state index contributed by atoms with van der Waals surface area (Å²) in [6.45, 7) is 2.77. The van der Waals surface area contributed by atoms with Crippen molar-refractivity contribution in [1.82, 2.24) is 15.3 Å². The summed E-state index contributed by atoms with van der Waals surface area (Å²) in [5.41, 5.74) is 2.08. The van der Waals surface area contributed by atoms with Gasteiger partial charge in [-0.1, -0.05) is 0 Å². The molecule has 7 heteroatoms. The lowest BCUT2D eigenvalue weighted by Gasteiger charge is -2.08. The second-order valence-electron chi connectivity index (χ2n) is 6.21. The van der Waals surface area contributed by atoms with Crippen LogP contribution in [0.5, 0.6) is 11.5 Å². The molecule has 150 valence electrons. The van der Waals surface area contributed by atoms with Crippen LogP contribution in [0.3, 0.4) is 0 Å². The van der Waals surface area contributed by atoms with Gasteiger partial charge in [0.15, 0.2) is 0 Å². The number of nitrogens with one attached hydrogen (secondary N) is 1. The number of ether oxygens (including phenoxy) is 2. The predicted molar refractivity (Wildman–Crippen MR) is 108 cm³/mol. The van der Waals surface area contributed by atoms with Crippen molar-refractivity contribution in [3.8, 4) is 22.8 Å². The summed E-state index contributed by atoms with van der Waals surface area (Å²) in [4.78, 5) is 20.9. The molecule has 0 fully saturated rings. The molecule has 0 bridgehead atoms. The van der Waals surface area contributed by atoms with Crippen molar-refractivity contribution in [2.24, 2.45) is 0 Å². The molecule has 3 aromatic rings. The fourth-order valence-electron chi connectivity index (χ4n) is 2.77. The van der Waals surface area contributed by atoms with E-state index in [0.29, 0.717) is 30.0 Å². The molecule has 0 saturated carbocycles. The topological polar surface area (TPSA) is 73.3 Å². The fourth-order valence-corrected chi connectivity index (χ4v) is 2.77. The van der Waals surface area contributed by atoms with E-state index in [2.05, 4.69) is 15.3 Å². The van der Waals surface area contributed by atoms with Crippen LogP contribution in [0.25, 0.3) is 11.3 Å². The summed E-state index contributed by atoms with van der Waals surface area (Å²) in [7, 11) is 1.52. The maximum atomic E-state index is 13.9. The molecular weight excluding hydrogens is 373 g/mol. The largest absolute Gasteiger partial charge is 0.497 e. The van der Waals surface area contributed by atoms with E-state index in [-0.39, 0.29) is 24.0 Å². The van der Waals surface area contributed by atoms with Crippen molar-refractivity contribution in [3.63, 3.8) is 0 Å². The zero-order chi connectivity index (χ0) is 20.6. The number of nitrogens with zero attached hydrogens (tertiary/aromatic N) is 2. The first-order valence-electron chi connectivity index (χ1n) is 9.26. The maximum absolute atomic E-state index is 13.9. The third kappa shape index (κ3) is 5.28. The Morgan fingerprint density at radius 3 is 2.59 bits per heavy atom. The van der Waals surface area contributed by atoms with Crippen LogP contribution >= 0.6 is 0 Å². The van der Waals surface area contributed by atoms with Crippen LogP contribution in [0.2, 0.25) is 0 Å². The molecule has 1 N–H and O–H groups in total. The smallest absolute Gasteiger partial charge is 0.271 e. The Hall–Kier alpha value is -3.48. The van der Waals surface area contributed by atoms with Crippen LogP contribution in [0.4, 0.5) is 4.39 Å². The van der Waals surface area contributed by atoms with Gasteiger partial charge in [-0.15, -0.1) is 0 Å². The Labute approximate surface area is 168 Å². The van der Waals surface area contributed by atoms with Crippen molar-refractivity contribution in [2.75, 3.05) is 20.3 Å². The van der Waals surface area contributed by atoms with Crippen LogP contribution in [0.1, 0.15) is 23.0 Å². The normalized spacial score (nSPS) is 10.4. The molecule has 0 aliphatic carbocycles. The number of benzene rings is 2. The molecule has 0 spiro atoms. The van der Waals surface area contributed by atoms with E-state index >= 15 is 0 Å². The Balaban J connectivity index is 1.63. The number of rotatable bonds is 8. The van der Waals surface area contributed by atoms with Gasteiger partial charge in [0.2, 0.25) is 0 Å². The summed E-state index contributed by atoms with van der Waals surface area (Å²) in [5.74, 6) is 0.635. The van der Waals surface area contributed by atoms with E-state index < -0.39 is 0 Å². The highest BCUT2D eigenvalue weighted by molar-refractivity contribution is 5.92. The minimum atomic E-state index is -0.367. The molecule has 2 aromatic carbocycles. The van der Waals surface area contributed by atoms with Crippen LogP contribution in [-0.4, -0.2) is 36.1 Å². The summed E-state index contributed by atoms with van der Waals surface area (Å²) in [6, 6.07) is 11.9. The molecule has 1 amide bonds. The highest BCUT2D eigenvalue weighted by Crippen LogP contribution is 2.20. The molecule has 0 atom stereocenters. The van der Waals surface area contributed by atoms with Gasteiger partial charge in [-0.2, -0.15) is 0 Å². The van der Waals surface area contributed by atoms with E-state index in [9.17, 15) is 9.18 Å². The number of hydrogen-bond acceptors (Lipinski definition) is 5.